The smallest absolute Gasteiger partial charge is 0.293 e. The largest absolute Gasteiger partial charge is 0.491 e. The molecule has 5 amide bonds. The Kier molecular flexibility index (Phi) is 10.8. The standard InChI is InChI=1S/C31H33N5O8S/c1-17-5-7-21(8-6-17)15-32-27(38)24(33-29(40)26(19(3)37)34-28(39)23-13-18(2)44-35-23)16-43-22-11-9-20(10-12-22)14-25-30(41)36(4)31(42)45-25/h5-14,19,24,26,37H,15-16H2,1-4H3,(H,32,38)(H,33,40)(H,34,39)/t19-,24?,26+/m1/s1. The molecule has 2 aromatic carbocycles. The summed E-state index contributed by atoms with van der Waals surface area (Å²) in [5.74, 6) is -1.75. The van der Waals surface area contributed by atoms with E-state index in [1.165, 1.54) is 20.0 Å². The van der Waals surface area contributed by atoms with Gasteiger partial charge in [-0.3, -0.25) is 28.9 Å². The molecule has 3 atom stereocenters. The first-order valence-corrected chi connectivity index (χ1v) is 14.7. The number of aliphatic hydroxyl groups is 1. The monoisotopic (exact) mass is 635 g/mol. The lowest BCUT2D eigenvalue weighted by atomic mass is 10.1. The number of carbonyl (C=O) groups is 5. The number of likely N-dealkylation sites (N-methyl/N-ethyl adjacent to an activating group) is 1. The van der Waals surface area contributed by atoms with Gasteiger partial charge in [0.2, 0.25) is 11.8 Å². The van der Waals surface area contributed by atoms with Gasteiger partial charge in [-0.15, -0.1) is 0 Å². The Morgan fingerprint density at radius 3 is 2.31 bits per heavy atom. The number of ether oxygens (including phenoxy) is 1. The van der Waals surface area contributed by atoms with Gasteiger partial charge in [-0.2, -0.15) is 0 Å². The van der Waals surface area contributed by atoms with Crippen LogP contribution in [0.25, 0.3) is 6.08 Å². The lowest BCUT2D eigenvalue weighted by Gasteiger charge is -2.24. The van der Waals surface area contributed by atoms with E-state index >= 15 is 0 Å². The summed E-state index contributed by atoms with van der Waals surface area (Å²) in [4.78, 5) is 64.4. The molecule has 1 aliphatic rings. The van der Waals surface area contributed by atoms with Gasteiger partial charge in [0.15, 0.2) is 5.69 Å². The van der Waals surface area contributed by atoms with Crippen LogP contribution >= 0.6 is 11.8 Å². The Bertz CT molecular complexity index is 1600. The average Bonchev–Trinajstić information content (AvgIpc) is 3.56. The Hall–Kier alpha value is -4.95. The SMILES string of the molecule is Cc1ccc(CNC(=O)C(COc2ccc(C=C3SC(=O)N(C)C3=O)cc2)NC(=O)[C@@H](NC(=O)c2cc(C)on2)[C@@H](C)O)cc1. The quantitative estimate of drug-likeness (QED) is 0.216. The van der Waals surface area contributed by atoms with Gasteiger partial charge >= 0.3 is 0 Å². The molecule has 0 saturated carbocycles. The summed E-state index contributed by atoms with van der Waals surface area (Å²) >= 11 is 0.845. The third kappa shape index (κ3) is 8.80. The molecule has 1 saturated heterocycles. The minimum atomic E-state index is -1.42. The van der Waals surface area contributed by atoms with Crippen LogP contribution in [0.2, 0.25) is 0 Å². The molecular weight excluding hydrogens is 602 g/mol. The number of aliphatic hydroxyl groups excluding tert-OH is 1. The van der Waals surface area contributed by atoms with Crippen molar-refractivity contribution in [2.75, 3.05) is 13.7 Å². The third-order valence-electron chi connectivity index (χ3n) is 6.71. The molecular formula is C31H33N5O8S. The highest BCUT2D eigenvalue weighted by molar-refractivity contribution is 8.18. The van der Waals surface area contributed by atoms with E-state index < -0.39 is 35.9 Å². The van der Waals surface area contributed by atoms with Crippen LogP contribution in [0.3, 0.4) is 0 Å². The summed E-state index contributed by atoms with van der Waals surface area (Å²) in [6.45, 7) is 4.77. The molecule has 0 spiro atoms. The Morgan fingerprint density at radius 1 is 1.04 bits per heavy atom. The number of hydrogen-bond acceptors (Lipinski definition) is 10. The minimum Gasteiger partial charge on any atom is -0.491 e. The molecule has 1 aromatic heterocycles. The number of thioether (sulfide) groups is 1. The average molecular weight is 636 g/mol. The van der Waals surface area contributed by atoms with E-state index in [-0.39, 0.29) is 30.0 Å². The predicted octanol–water partition coefficient (Wildman–Crippen LogP) is 2.32. The molecule has 1 unspecified atom stereocenters. The fraction of sp³-hybridized carbons (Fsp3) is 0.290. The van der Waals surface area contributed by atoms with E-state index in [2.05, 4.69) is 21.1 Å². The van der Waals surface area contributed by atoms with Gasteiger partial charge in [0.05, 0.1) is 11.0 Å². The Morgan fingerprint density at radius 2 is 1.73 bits per heavy atom. The van der Waals surface area contributed by atoms with Crippen LogP contribution in [0.15, 0.2) is 64.0 Å². The van der Waals surface area contributed by atoms with Crippen molar-refractivity contribution in [2.45, 2.75) is 45.5 Å². The van der Waals surface area contributed by atoms with Gasteiger partial charge in [-0.25, -0.2) is 0 Å². The zero-order chi connectivity index (χ0) is 32.7. The number of amides is 5. The number of hydrogen-bond donors (Lipinski definition) is 4. The van der Waals surface area contributed by atoms with E-state index in [4.69, 9.17) is 9.26 Å². The molecule has 0 bridgehead atoms. The van der Waals surface area contributed by atoms with Crippen LogP contribution in [0.4, 0.5) is 4.79 Å². The molecule has 13 nitrogen and oxygen atoms in total. The van der Waals surface area contributed by atoms with Crippen molar-refractivity contribution in [3.05, 3.63) is 87.6 Å². The van der Waals surface area contributed by atoms with Crippen LogP contribution < -0.4 is 20.7 Å². The lowest BCUT2D eigenvalue weighted by Crippen LogP contribution is -2.58. The molecule has 14 heteroatoms. The molecule has 3 aromatic rings. The molecule has 236 valence electrons. The van der Waals surface area contributed by atoms with Crippen molar-refractivity contribution in [2.24, 2.45) is 0 Å². The number of carbonyl (C=O) groups excluding carboxylic acids is 5. The van der Waals surface area contributed by atoms with Crippen LogP contribution in [0.5, 0.6) is 5.75 Å². The molecule has 0 radical (unpaired) electrons. The number of rotatable bonds is 12. The fourth-order valence-corrected chi connectivity index (χ4v) is 4.92. The summed E-state index contributed by atoms with van der Waals surface area (Å²) in [6, 6.07) is 12.9. The van der Waals surface area contributed by atoms with Crippen molar-refractivity contribution in [1.29, 1.82) is 0 Å². The highest BCUT2D eigenvalue weighted by Crippen LogP contribution is 2.31. The normalized spacial score (nSPS) is 15.8. The van der Waals surface area contributed by atoms with Crippen molar-refractivity contribution < 1.29 is 38.3 Å². The van der Waals surface area contributed by atoms with Gasteiger partial charge in [-0.1, -0.05) is 47.1 Å². The van der Waals surface area contributed by atoms with E-state index in [9.17, 15) is 29.1 Å². The van der Waals surface area contributed by atoms with Gasteiger partial charge in [0.1, 0.15) is 30.2 Å². The van der Waals surface area contributed by atoms with E-state index in [1.54, 1.807) is 37.3 Å². The molecule has 1 fully saturated rings. The Labute approximate surface area is 263 Å². The van der Waals surface area contributed by atoms with E-state index in [1.807, 2.05) is 31.2 Å². The predicted molar refractivity (Wildman–Crippen MR) is 165 cm³/mol. The number of nitrogens with one attached hydrogen (secondary N) is 3. The Balaban J connectivity index is 1.45. The van der Waals surface area contributed by atoms with Gasteiger partial charge in [-0.05, 0) is 61.9 Å². The number of aryl methyl sites for hydroxylation is 2. The lowest BCUT2D eigenvalue weighted by molar-refractivity contribution is -0.132. The van der Waals surface area contributed by atoms with Gasteiger partial charge in [0, 0.05) is 19.7 Å². The maximum Gasteiger partial charge on any atom is 0.293 e. The molecule has 45 heavy (non-hydrogen) atoms. The molecule has 4 N–H and O–H groups in total. The zero-order valence-corrected chi connectivity index (χ0v) is 25.8. The van der Waals surface area contributed by atoms with Crippen molar-refractivity contribution in [3.63, 3.8) is 0 Å². The first kappa shape index (κ1) is 33.0. The number of aromatic nitrogens is 1. The molecule has 1 aliphatic heterocycles. The van der Waals surface area contributed by atoms with Crippen LogP contribution in [-0.2, 0) is 20.9 Å². The van der Waals surface area contributed by atoms with Gasteiger partial charge < -0.3 is 30.3 Å². The van der Waals surface area contributed by atoms with Crippen LogP contribution in [0.1, 0.15) is 39.9 Å². The van der Waals surface area contributed by atoms with Crippen LogP contribution in [-0.4, -0.2) is 75.9 Å². The summed E-state index contributed by atoms with van der Waals surface area (Å²) in [7, 11) is 1.41. The zero-order valence-electron chi connectivity index (χ0n) is 25.0. The summed E-state index contributed by atoms with van der Waals surface area (Å²) in [5, 5.41) is 21.3. The first-order valence-electron chi connectivity index (χ1n) is 13.9. The minimum absolute atomic E-state index is 0.0738. The second-order valence-electron chi connectivity index (χ2n) is 10.4. The van der Waals surface area contributed by atoms with E-state index in [0.29, 0.717) is 22.0 Å². The molecule has 2 heterocycles. The second kappa shape index (κ2) is 14.7. The van der Waals surface area contributed by atoms with Crippen molar-refractivity contribution >= 4 is 46.7 Å². The van der Waals surface area contributed by atoms with Crippen LogP contribution in [0, 0.1) is 13.8 Å². The maximum atomic E-state index is 13.3. The summed E-state index contributed by atoms with van der Waals surface area (Å²) < 4.78 is 10.7. The molecule has 4 rings (SSSR count). The van der Waals surface area contributed by atoms with Gasteiger partial charge in [0.25, 0.3) is 17.1 Å². The summed E-state index contributed by atoms with van der Waals surface area (Å²) in [5.41, 5.74) is 2.48. The highest BCUT2D eigenvalue weighted by Gasteiger charge is 2.32. The number of nitrogens with zero attached hydrogens (tertiary/aromatic N) is 2. The maximum absolute atomic E-state index is 13.3. The highest BCUT2D eigenvalue weighted by atomic mass is 32.2. The van der Waals surface area contributed by atoms with E-state index in [0.717, 1.165) is 27.8 Å². The topological polar surface area (TPSA) is 180 Å². The first-order chi connectivity index (χ1) is 21.4. The third-order valence-corrected chi connectivity index (χ3v) is 7.67. The number of imide groups is 1. The van der Waals surface area contributed by atoms with Crippen molar-refractivity contribution in [3.8, 4) is 5.75 Å². The second-order valence-corrected chi connectivity index (χ2v) is 11.4. The molecule has 0 aliphatic carbocycles. The fourth-order valence-electron chi connectivity index (χ4n) is 4.09. The summed E-state index contributed by atoms with van der Waals surface area (Å²) in [6.07, 6.45) is 0.269. The van der Waals surface area contributed by atoms with Crippen molar-refractivity contribution in [1.82, 2.24) is 26.0 Å². The number of benzene rings is 2.